The molecule has 1 aliphatic rings. The molecule has 0 spiro atoms. The van der Waals surface area contributed by atoms with E-state index in [-0.39, 0.29) is 26.0 Å². The lowest BCUT2D eigenvalue weighted by atomic mass is 10.00. The Morgan fingerprint density at radius 3 is 2.19 bits per heavy atom. The number of para-hydroxylation sites is 1. The second-order valence-electron chi connectivity index (χ2n) is 13.0. The monoisotopic (exact) mass is 708 g/mol. The molecule has 52 heavy (non-hydrogen) atoms. The summed E-state index contributed by atoms with van der Waals surface area (Å²) in [6.07, 6.45) is -1.36. The summed E-state index contributed by atoms with van der Waals surface area (Å²) in [4.78, 5) is 52.2. The van der Waals surface area contributed by atoms with E-state index in [0.29, 0.717) is 18.5 Å². The Labute approximate surface area is 302 Å². The molecule has 1 aliphatic heterocycles. The first kappa shape index (κ1) is 37.5. The number of rotatable bonds is 13. The van der Waals surface area contributed by atoms with Crippen LogP contribution in [0.2, 0.25) is 0 Å². The third-order valence-corrected chi connectivity index (χ3v) is 8.90. The molecule has 0 bridgehead atoms. The zero-order valence-electron chi connectivity index (χ0n) is 29.2. The predicted molar refractivity (Wildman–Crippen MR) is 195 cm³/mol. The molecule has 4 atom stereocenters. The minimum atomic E-state index is -1.61. The zero-order valence-corrected chi connectivity index (χ0v) is 29.2. The van der Waals surface area contributed by atoms with Crippen molar-refractivity contribution in [1.82, 2.24) is 15.5 Å². The lowest BCUT2D eigenvalue weighted by Gasteiger charge is -2.38. The Morgan fingerprint density at radius 1 is 0.885 bits per heavy atom. The molecule has 12 heteroatoms. The highest BCUT2D eigenvalue weighted by molar-refractivity contribution is 5.97. The van der Waals surface area contributed by atoms with Gasteiger partial charge in [-0.05, 0) is 53.6 Å². The van der Waals surface area contributed by atoms with Crippen LogP contribution in [-0.4, -0.2) is 83.3 Å². The van der Waals surface area contributed by atoms with Crippen molar-refractivity contribution in [2.45, 2.75) is 56.5 Å². The van der Waals surface area contributed by atoms with Gasteiger partial charge in [-0.1, -0.05) is 103 Å². The van der Waals surface area contributed by atoms with Crippen LogP contribution in [0.15, 0.2) is 109 Å². The molecule has 0 aromatic heterocycles. The van der Waals surface area contributed by atoms with Gasteiger partial charge in [-0.15, -0.1) is 0 Å². The molecule has 1 saturated heterocycles. The van der Waals surface area contributed by atoms with Crippen LogP contribution in [0, 0.1) is 0 Å². The average Bonchev–Trinajstić information content (AvgIpc) is 3.14. The van der Waals surface area contributed by atoms with Crippen molar-refractivity contribution in [1.29, 1.82) is 0 Å². The Balaban J connectivity index is 1.20. The summed E-state index contributed by atoms with van der Waals surface area (Å²) in [5.41, 5.74) is 3.45. The van der Waals surface area contributed by atoms with E-state index in [2.05, 4.69) is 16.0 Å². The molecule has 12 nitrogen and oxygen atoms in total. The average molecular weight is 709 g/mol. The maximum atomic E-state index is 13.6. The molecule has 0 aliphatic carbocycles. The lowest BCUT2D eigenvalue weighted by molar-refractivity contribution is -0.141. The van der Waals surface area contributed by atoms with E-state index in [1.165, 1.54) is 14.0 Å². The topological polar surface area (TPSA) is 167 Å². The number of aryl methyl sites for hydroxylation is 1. The number of nitrogens with zero attached hydrogens (tertiary/aromatic N) is 1. The zero-order chi connectivity index (χ0) is 37.1. The predicted octanol–water partition coefficient (Wildman–Crippen LogP) is 5.01. The third-order valence-electron chi connectivity index (χ3n) is 8.90. The first-order chi connectivity index (χ1) is 25.0. The summed E-state index contributed by atoms with van der Waals surface area (Å²) in [5, 5.41) is 29.0. The van der Waals surface area contributed by atoms with Crippen molar-refractivity contribution >= 4 is 29.7 Å². The van der Waals surface area contributed by atoms with Gasteiger partial charge in [0.05, 0.1) is 26.4 Å². The first-order valence-corrected chi connectivity index (χ1v) is 17.1. The third kappa shape index (κ3) is 10.4. The molecule has 1 fully saturated rings. The Morgan fingerprint density at radius 2 is 1.52 bits per heavy atom. The number of aliphatic hydroxyl groups is 1. The number of carboxylic acid groups (broad SMARTS) is 1. The fraction of sp³-hybridized carbons (Fsp3) is 0.300. The van der Waals surface area contributed by atoms with Crippen LogP contribution in [0.4, 0.5) is 15.3 Å². The minimum absolute atomic E-state index is 0.0586. The van der Waals surface area contributed by atoms with E-state index in [1.807, 2.05) is 97.1 Å². The van der Waals surface area contributed by atoms with E-state index in [9.17, 15) is 29.4 Å². The highest BCUT2D eigenvalue weighted by Gasteiger charge is 2.39. The highest BCUT2D eigenvalue weighted by Crippen LogP contribution is 2.24. The number of nitrogens with one attached hydrogen (secondary N) is 3. The van der Waals surface area contributed by atoms with Gasteiger partial charge in [0, 0.05) is 18.5 Å². The summed E-state index contributed by atoms with van der Waals surface area (Å²) in [6, 6.07) is 32.0. The van der Waals surface area contributed by atoms with Crippen molar-refractivity contribution in [2.24, 2.45) is 0 Å². The molecular weight excluding hydrogens is 664 g/mol. The number of benzene rings is 4. The molecule has 0 saturated carbocycles. The number of alkyl carbamates (subject to hydrolysis) is 1. The summed E-state index contributed by atoms with van der Waals surface area (Å²) < 4.78 is 10.8. The first-order valence-electron chi connectivity index (χ1n) is 17.1. The van der Waals surface area contributed by atoms with Crippen LogP contribution >= 0.6 is 0 Å². The summed E-state index contributed by atoms with van der Waals surface area (Å²) in [5.74, 6) is -1.09. The van der Waals surface area contributed by atoms with Crippen LogP contribution in [0.1, 0.15) is 30.0 Å². The van der Waals surface area contributed by atoms with Crippen LogP contribution in [-0.2, 0) is 38.3 Å². The molecule has 5 N–H and O–H groups in total. The number of hydrogen-bond acceptors (Lipinski definition) is 7. The van der Waals surface area contributed by atoms with Gasteiger partial charge < -0.3 is 35.6 Å². The number of hydrogen-bond donors (Lipinski definition) is 5. The maximum absolute atomic E-state index is 13.6. The molecule has 272 valence electrons. The van der Waals surface area contributed by atoms with Gasteiger partial charge in [0.15, 0.2) is 0 Å². The van der Waals surface area contributed by atoms with Gasteiger partial charge in [0.25, 0.3) is 0 Å². The summed E-state index contributed by atoms with van der Waals surface area (Å²) in [6.45, 7) is 1.22. The van der Waals surface area contributed by atoms with Crippen molar-refractivity contribution in [3.8, 4) is 11.1 Å². The van der Waals surface area contributed by atoms with Crippen LogP contribution in [0.3, 0.4) is 0 Å². The van der Waals surface area contributed by atoms with E-state index in [4.69, 9.17) is 9.47 Å². The minimum Gasteiger partial charge on any atom is -0.465 e. The molecule has 4 aromatic rings. The van der Waals surface area contributed by atoms with Crippen molar-refractivity contribution in [3.05, 3.63) is 126 Å². The van der Waals surface area contributed by atoms with E-state index < -0.39 is 47.9 Å². The number of morpholine rings is 1. The van der Waals surface area contributed by atoms with Crippen LogP contribution in [0.25, 0.3) is 11.1 Å². The Kier molecular flexibility index (Phi) is 12.6. The summed E-state index contributed by atoms with van der Waals surface area (Å²) >= 11 is 0. The van der Waals surface area contributed by atoms with E-state index >= 15 is 0 Å². The number of anilines is 1. The second-order valence-corrected chi connectivity index (χ2v) is 13.0. The molecule has 4 aromatic carbocycles. The van der Waals surface area contributed by atoms with Crippen molar-refractivity contribution in [3.63, 3.8) is 0 Å². The number of ether oxygens (including phenoxy) is 2. The quantitative estimate of drug-likeness (QED) is 0.121. The molecule has 0 unspecified atom stereocenters. The number of carbonyl (C=O) groups excluding carboxylic acids is 3. The van der Waals surface area contributed by atoms with E-state index in [1.54, 1.807) is 12.1 Å². The van der Waals surface area contributed by atoms with Crippen LogP contribution < -0.4 is 16.0 Å². The van der Waals surface area contributed by atoms with Crippen molar-refractivity contribution in [2.75, 3.05) is 25.6 Å². The fourth-order valence-corrected chi connectivity index (χ4v) is 6.21. The van der Waals surface area contributed by atoms with Crippen LogP contribution in [0.5, 0.6) is 0 Å². The van der Waals surface area contributed by atoms with Gasteiger partial charge in [0.2, 0.25) is 11.8 Å². The Hall–Kier alpha value is -5.72. The van der Waals surface area contributed by atoms with Gasteiger partial charge >= 0.3 is 12.2 Å². The molecule has 1 heterocycles. The molecule has 4 amide bonds. The normalized spacial score (nSPS) is 17.2. The Bertz CT molecular complexity index is 1820. The number of methoxy groups -OCH3 is 1. The number of carbonyl (C=O) groups is 4. The van der Waals surface area contributed by atoms with E-state index in [0.717, 1.165) is 32.7 Å². The van der Waals surface area contributed by atoms with Gasteiger partial charge in [0.1, 0.15) is 17.8 Å². The van der Waals surface area contributed by atoms with Gasteiger partial charge in [-0.2, -0.15) is 0 Å². The SMILES string of the molecule is COC(=O)N[C@@H](Cc1ccc(-c2ccccc2)cc1)C(=O)Nc1ccccc1CC[C@@H]1CN(C(=O)O)[C@H](C(=O)N[C@@](C)(O)Cc2ccccc2)CO1. The largest absolute Gasteiger partial charge is 0.465 e. The summed E-state index contributed by atoms with van der Waals surface area (Å²) in [7, 11) is 1.23. The van der Waals surface area contributed by atoms with Gasteiger partial charge in [-0.25, -0.2) is 9.59 Å². The molecule has 5 rings (SSSR count). The maximum Gasteiger partial charge on any atom is 0.408 e. The number of amides is 4. The second kappa shape index (κ2) is 17.5. The standard InChI is InChI=1S/C40H44N4O8/c1-40(50,24-28-11-5-3-6-12-28)43-37(46)35-26-52-32(25-44(35)39(48)49)22-21-31-15-9-10-16-33(31)41-36(45)34(42-38(47)51-2)23-27-17-19-30(20-18-27)29-13-7-4-8-14-29/h3-20,32,34-35,50H,21-26H2,1-2H3,(H,41,45)(H,42,47)(H,43,46)(H,48,49)/t32-,34+,35+,40+/m1/s1. The smallest absolute Gasteiger partial charge is 0.408 e. The fourth-order valence-electron chi connectivity index (χ4n) is 6.21. The molecular formula is C40H44N4O8. The lowest BCUT2D eigenvalue weighted by Crippen LogP contribution is -2.61. The highest BCUT2D eigenvalue weighted by atomic mass is 16.5. The van der Waals surface area contributed by atoms with Gasteiger partial charge in [-0.3, -0.25) is 14.5 Å². The van der Waals surface area contributed by atoms with Crippen molar-refractivity contribution < 1.29 is 38.9 Å². The molecule has 0 radical (unpaired) electrons.